The van der Waals surface area contributed by atoms with Gasteiger partial charge in [-0.15, -0.1) is 0 Å². The molecule has 2 aromatic rings. The van der Waals surface area contributed by atoms with E-state index in [2.05, 4.69) is 10.5 Å². The molecule has 2 heterocycles. The minimum atomic E-state index is -3.83. The lowest BCUT2D eigenvalue weighted by atomic mass is 9.99. The van der Waals surface area contributed by atoms with E-state index in [1.165, 1.54) is 4.31 Å². The van der Waals surface area contributed by atoms with Crippen molar-refractivity contribution < 1.29 is 17.7 Å². The largest absolute Gasteiger partial charge is 0.383 e. The molecule has 1 amide bonds. The topological polar surface area (TPSA) is 95.8 Å². The lowest BCUT2D eigenvalue weighted by Gasteiger charge is -2.31. The van der Waals surface area contributed by atoms with Crippen molar-refractivity contribution in [2.45, 2.75) is 31.1 Å². The quantitative estimate of drug-likeness (QED) is 0.668. The van der Waals surface area contributed by atoms with Crippen molar-refractivity contribution in [2.75, 3.05) is 33.7 Å². The summed E-state index contributed by atoms with van der Waals surface area (Å²) in [4.78, 5) is 14.5. The molecule has 31 heavy (non-hydrogen) atoms. The predicted octanol–water partition coefficient (Wildman–Crippen LogP) is 2.27. The van der Waals surface area contributed by atoms with Gasteiger partial charge in [-0.05, 0) is 31.7 Å². The second-order valence-corrected chi connectivity index (χ2v) is 9.84. The molecular weight excluding hydrogens is 416 g/mol. The molecule has 168 valence electrons. The van der Waals surface area contributed by atoms with Gasteiger partial charge in [-0.2, -0.15) is 4.31 Å². The molecule has 0 unspecified atom stereocenters. The van der Waals surface area contributed by atoms with Gasteiger partial charge in [-0.1, -0.05) is 35.5 Å². The van der Waals surface area contributed by atoms with Crippen LogP contribution >= 0.6 is 0 Å². The Morgan fingerprint density at radius 2 is 2.06 bits per heavy atom. The maximum Gasteiger partial charge on any atom is 0.248 e. The average Bonchev–Trinajstić information content (AvgIpc) is 3.14. The summed E-state index contributed by atoms with van der Waals surface area (Å²) in [7, 11) is -0.165. The van der Waals surface area contributed by atoms with Crippen LogP contribution in [0.1, 0.15) is 29.9 Å². The fraction of sp³-hybridized carbons (Fsp3) is 0.455. The summed E-state index contributed by atoms with van der Waals surface area (Å²) in [6.07, 6.45) is 5.33. The summed E-state index contributed by atoms with van der Waals surface area (Å²) in [5.41, 5.74) is 1.46. The highest BCUT2D eigenvalue weighted by atomic mass is 32.2. The van der Waals surface area contributed by atoms with E-state index >= 15 is 0 Å². The molecule has 8 nitrogen and oxygen atoms in total. The SMILES string of the molecule is Cc1noc(/C=C/N(C)C)c1S(=O)(=O)N1CCC[C@@H](C(=O)NCCc2ccccc2)C1. The van der Waals surface area contributed by atoms with Crippen LogP contribution in [0.3, 0.4) is 0 Å². The van der Waals surface area contributed by atoms with Crippen LogP contribution < -0.4 is 5.32 Å². The minimum Gasteiger partial charge on any atom is -0.383 e. The molecule has 0 radical (unpaired) electrons. The number of aryl methyl sites for hydroxylation is 1. The van der Waals surface area contributed by atoms with E-state index < -0.39 is 10.0 Å². The number of carbonyl (C=O) groups is 1. The molecule has 0 aliphatic carbocycles. The number of amides is 1. The molecule has 1 aliphatic rings. The molecule has 1 aromatic carbocycles. The first kappa shape index (κ1) is 23.0. The van der Waals surface area contributed by atoms with E-state index in [4.69, 9.17) is 4.52 Å². The number of carbonyl (C=O) groups excluding carboxylic acids is 1. The number of piperidine rings is 1. The smallest absolute Gasteiger partial charge is 0.248 e. The standard InChI is InChI=1S/C22H30N4O4S/c1-17-21(20(30-24-17)12-15-25(2)3)31(28,29)26-14-7-10-19(16-26)22(27)23-13-11-18-8-5-4-6-9-18/h4-6,8-9,12,15,19H,7,10-11,13-14,16H2,1-3H3,(H,23,27)/b15-12+/t19-/m1/s1. The highest BCUT2D eigenvalue weighted by Gasteiger charge is 2.36. The molecule has 1 atom stereocenters. The van der Waals surface area contributed by atoms with Gasteiger partial charge in [0.15, 0.2) is 10.7 Å². The van der Waals surface area contributed by atoms with Crippen molar-refractivity contribution in [1.82, 2.24) is 19.7 Å². The maximum atomic E-state index is 13.3. The Morgan fingerprint density at radius 1 is 1.32 bits per heavy atom. The molecule has 3 rings (SSSR count). The summed E-state index contributed by atoms with van der Waals surface area (Å²) in [6.45, 7) is 2.66. The molecule has 0 spiro atoms. The van der Waals surface area contributed by atoms with Gasteiger partial charge in [-0.25, -0.2) is 8.42 Å². The number of hydrogen-bond acceptors (Lipinski definition) is 6. The van der Waals surface area contributed by atoms with Crippen molar-refractivity contribution >= 4 is 22.0 Å². The summed E-state index contributed by atoms with van der Waals surface area (Å²) in [6, 6.07) is 9.93. The van der Waals surface area contributed by atoms with Gasteiger partial charge < -0.3 is 14.7 Å². The molecule has 1 fully saturated rings. The van der Waals surface area contributed by atoms with Gasteiger partial charge in [0.2, 0.25) is 15.9 Å². The van der Waals surface area contributed by atoms with Gasteiger partial charge in [0.05, 0.1) is 5.92 Å². The molecule has 9 heteroatoms. The van der Waals surface area contributed by atoms with E-state index in [1.54, 1.807) is 24.1 Å². The lowest BCUT2D eigenvalue weighted by molar-refractivity contribution is -0.126. The van der Waals surface area contributed by atoms with Crippen molar-refractivity contribution in [2.24, 2.45) is 5.92 Å². The first-order chi connectivity index (χ1) is 14.8. The van der Waals surface area contributed by atoms with Crippen molar-refractivity contribution in [3.63, 3.8) is 0 Å². The molecule has 1 aliphatic heterocycles. The van der Waals surface area contributed by atoms with Gasteiger partial charge in [0.25, 0.3) is 0 Å². The van der Waals surface area contributed by atoms with Gasteiger partial charge in [0, 0.05) is 46.0 Å². The Hall–Kier alpha value is -2.65. The second-order valence-electron chi connectivity index (χ2n) is 7.97. The van der Waals surface area contributed by atoms with E-state index in [0.29, 0.717) is 31.6 Å². The number of nitrogens with zero attached hydrogens (tertiary/aromatic N) is 3. The van der Waals surface area contributed by atoms with Gasteiger partial charge in [-0.3, -0.25) is 4.79 Å². The lowest BCUT2D eigenvalue weighted by Crippen LogP contribution is -2.45. The number of rotatable bonds is 8. The highest BCUT2D eigenvalue weighted by molar-refractivity contribution is 7.89. The maximum absolute atomic E-state index is 13.3. The molecule has 1 saturated heterocycles. The Morgan fingerprint density at radius 3 is 2.77 bits per heavy atom. The third-order valence-electron chi connectivity index (χ3n) is 5.27. The first-order valence-electron chi connectivity index (χ1n) is 10.4. The fourth-order valence-electron chi connectivity index (χ4n) is 3.64. The van der Waals surface area contributed by atoms with Crippen LogP contribution in [-0.2, 0) is 21.2 Å². The average molecular weight is 447 g/mol. The normalized spacial score (nSPS) is 17.7. The van der Waals surface area contributed by atoms with Gasteiger partial charge in [0.1, 0.15) is 5.69 Å². The Balaban J connectivity index is 1.67. The molecule has 1 aromatic heterocycles. The van der Waals surface area contributed by atoms with E-state index in [0.717, 1.165) is 12.0 Å². The number of aromatic nitrogens is 1. The van der Waals surface area contributed by atoms with Crippen LogP contribution in [0.4, 0.5) is 0 Å². The summed E-state index contributed by atoms with van der Waals surface area (Å²) in [5.74, 6) is -0.286. The molecule has 0 bridgehead atoms. The van der Waals surface area contributed by atoms with Crippen molar-refractivity contribution in [1.29, 1.82) is 0 Å². The summed E-state index contributed by atoms with van der Waals surface area (Å²) in [5, 5.41) is 6.80. The summed E-state index contributed by atoms with van der Waals surface area (Å²) >= 11 is 0. The zero-order chi connectivity index (χ0) is 22.4. The van der Waals surface area contributed by atoms with Crippen LogP contribution in [0.2, 0.25) is 0 Å². The van der Waals surface area contributed by atoms with E-state index in [1.807, 2.05) is 44.4 Å². The Bertz CT molecular complexity index is 1020. The van der Waals surface area contributed by atoms with Crippen LogP contribution in [0.25, 0.3) is 6.08 Å². The van der Waals surface area contributed by atoms with Gasteiger partial charge >= 0.3 is 0 Å². The molecule has 0 saturated carbocycles. The van der Waals surface area contributed by atoms with E-state index in [9.17, 15) is 13.2 Å². The minimum absolute atomic E-state index is 0.0655. The highest BCUT2D eigenvalue weighted by Crippen LogP contribution is 2.29. The Labute approximate surface area is 183 Å². The second kappa shape index (κ2) is 10.1. The number of hydrogen-bond donors (Lipinski definition) is 1. The van der Waals surface area contributed by atoms with E-state index in [-0.39, 0.29) is 29.0 Å². The third kappa shape index (κ3) is 5.74. The monoisotopic (exact) mass is 446 g/mol. The first-order valence-corrected chi connectivity index (χ1v) is 11.9. The number of nitrogens with one attached hydrogen (secondary N) is 1. The predicted molar refractivity (Wildman–Crippen MR) is 119 cm³/mol. The number of sulfonamides is 1. The van der Waals surface area contributed by atoms with Crippen molar-refractivity contribution in [3.8, 4) is 0 Å². The zero-order valence-electron chi connectivity index (χ0n) is 18.2. The molecule has 1 N–H and O–H groups in total. The van der Waals surface area contributed by atoms with Crippen LogP contribution in [0, 0.1) is 12.8 Å². The number of benzene rings is 1. The molecular formula is C22H30N4O4S. The fourth-order valence-corrected chi connectivity index (χ4v) is 5.41. The zero-order valence-corrected chi connectivity index (χ0v) is 19.1. The third-order valence-corrected chi connectivity index (χ3v) is 7.29. The van der Waals surface area contributed by atoms with Crippen LogP contribution in [-0.4, -0.2) is 62.4 Å². The van der Waals surface area contributed by atoms with Crippen LogP contribution in [0.15, 0.2) is 46.0 Å². The Kier molecular flexibility index (Phi) is 7.50. The van der Waals surface area contributed by atoms with Crippen LogP contribution in [0.5, 0.6) is 0 Å². The van der Waals surface area contributed by atoms with Crippen molar-refractivity contribution in [3.05, 3.63) is 53.5 Å². The summed E-state index contributed by atoms with van der Waals surface area (Å²) < 4.78 is 33.3.